The Bertz CT molecular complexity index is 677. The fourth-order valence-electron chi connectivity index (χ4n) is 3.05. The molecule has 0 bridgehead atoms. The summed E-state index contributed by atoms with van der Waals surface area (Å²) in [4.78, 5) is 6.61. The smallest absolute Gasteiger partial charge is 0.264 e. The molecule has 1 N–H and O–H groups in total. The van der Waals surface area contributed by atoms with Gasteiger partial charge in [-0.25, -0.2) is 13.8 Å². The van der Waals surface area contributed by atoms with Crippen LogP contribution in [0, 0.1) is 6.92 Å². The number of piperazine rings is 1. The number of unbranched alkanes of at least 4 members (excludes halogenated alkanes) is 1. The number of anilines is 1. The molecule has 0 saturated carbocycles. The van der Waals surface area contributed by atoms with E-state index < -0.39 is 6.43 Å². The summed E-state index contributed by atoms with van der Waals surface area (Å²) in [5, 5.41) is 8.25. The van der Waals surface area contributed by atoms with Crippen LogP contribution in [-0.2, 0) is 6.54 Å². The molecule has 0 atom stereocenters. The number of pyridine rings is 1. The van der Waals surface area contributed by atoms with E-state index in [-0.39, 0.29) is 5.56 Å². The fraction of sp³-hybridized carbons (Fsp3) is 0.625. The summed E-state index contributed by atoms with van der Waals surface area (Å²) in [6.07, 6.45) is -0.509. The first-order valence-corrected chi connectivity index (χ1v) is 8.23. The third-order valence-electron chi connectivity index (χ3n) is 4.38. The van der Waals surface area contributed by atoms with E-state index in [1.54, 1.807) is 0 Å². The third-order valence-corrected chi connectivity index (χ3v) is 4.38. The lowest BCUT2D eigenvalue weighted by molar-refractivity contribution is 0.153. The van der Waals surface area contributed by atoms with Crippen LogP contribution in [0.15, 0.2) is 6.07 Å². The third kappa shape index (κ3) is 3.15. The van der Waals surface area contributed by atoms with E-state index in [2.05, 4.69) is 22.3 Å². The van der Waals surface area contributed by atoms with Crippen LogP contribution in [0.5, 0.6) is 0 Å². The largest absolute Gasteiger partial charge is 0.354 e. The molecule has 3 rings (SSSR count). The number of halogens is 2. The summed E-state index contributed by atoms with van der Waals surface area (Å²) >= 11 is 0. The zero-order valence-corrected chi connectivity index (χ0v) is 13.6. The lowest BCUT2D eigenvalue weighted by Gasteiger charge is -2.28. The van der Waals surface area contributed by atoms with Crippen molar-refractivity contribution in [3.05, 3.63) is 17.3 Å². The van der Waals surface area contributed by atoms with E-state index >= 15 is 0 Å². The molecule has 0 spiro atoms. The molecule has 0 aliphatic carbocycles. The summed E-state index contributed by atoms with van der Waals surface area (Å²) in [5.74, 6) is 0.606. The van der Waals surface area contributed by atoms with E-state index in [4.69, 9.17) is 0 Å². The Labute approximate surface area is 134 Å². The van der Waals surface area contributed by atoms with Gasteiger partial charge >= 0.3 is 0 Å². The van der Waals surface area contributed by atoms with Gasteiger partial charge in [0, 0.05) is 44.0 Å². The number of alkyl halides is 2. The van der Waals surface area contributed by atoms with Crippen LogP contribution >= 0.6 is 0 Å². The monoisotopic (exact) mass is 323 g/mol. The molecule has 126 valence electrons. The van der Waals surface area contributed by atoms with Crippen molar-refractivity contribution < 1.29 is 8.78 Å². The van der Waals surface area contributed by atoms with Crippen LogP contribution in [0.1, 0.15) is 37.4 Å². The molecule has 1 aliphatic heterocycles. The van der Waals surface area contributed by atoms with Crippen molar-refractivity contribution >= 4 is 16.9 Å². The Morgan fingerprint density at radius 2 is 2.04 bits per heavy atom. The normalized spacial score (nSPS) is 15.8. The van der Waals surface area contributed by atoms with Gasteiger partial charge in [0.15, 0.2) is 5.65 Å². The highest BCUT2D eigenvalue weighted by atomic mass is 19.3. The first-order chi connectivity index (χ1) is 11.1. The van der Waals surface area contributed by atoms with Crippen molar-refractivity contribution in [2.45, 2.75) is 39.7 Å². The van der Waals surface area contributed by atoms with Crippen molar-refractivity contribution in [1.82, 2.24) is 20.1 Å². The molecule has 1 fully saturated rings. The first kappa shape index (κ1) is 16.1. The predicted octanol–water partition coefficient (Wildman–Crippen LogP) is 2.89. The van der Waals surface area contributed by atoms with E-state index in [1.165, 1.54) is 6.07 Å². The molecule has 2 aromatic heterocycles. The molecule has 0 amide bonds. The summed E-state index contributed by atoms with van der Waals surface area (Å²) in [5.41, 5.74) is 1.26. The van der Waals surface area contributed by atoms with Gasteiger partial charge in [0.05, 0.1) is 5.39 Å². The average Bonchev–Trinajstić information content (AvgIpc) is 2.89. The minimum atomic E-state index is -2.52. The van der Waals surface area contributed by atoms with Gasteiger partial charge in [-0.05, 0) is 19.4 Å². The minimum absolute atomic E-state index is 0.0452. The van der Waals surface area contributed by atoms with Crippen molar-refractivity contribution in [1.29, 1.82) is 0 Å². The average molecular weight is 323 g/mol. The first-order valence-electron chi connectivity index (χ1n) is 8.23. The van der Waals surface area contributed by atoms with E-state index in [1.807, 2.05) is 16.5 Å². The number of fused-ring (bicyclic) bond motifs is 1. The van der Waals surface area contributed by atoms with Gasteiger partial charge in [0.25, 0.3) is 6.43 Å². The Hall–Kier alpha value is -1.76. The summed E-state index contributed by atoms with van der Waals surface area (Å²) in [6.45, 7) is 7.92. The standard InChI is InChI=1S/C16H23F2N5/c1-3-4-7-23-11(2)14-12(15(17)18)10-13(20-16(14)21-23)22-8-5-19-6-9-22/h10,15,19H,3-9H2,1-2H3. The van der Waals surface area contributed by atoms with Crippen LogP contribution in [0.3, 0.4) is 0 Å². The highest BCUT2D eigenvalue weighted by molar-refractivity contribution is 5.84. The molecule has 2 aromatic rings. The molecule has 5 nitrogen and oxygen atoms in total. The molecule has 1 aliphatic rings. The van der Waals surface area contributed by atoms with Crippen molar-refractivity contribution in [3.63, 3.8) is 0 Å². The Morgan fingerprint density at radius 1 is 1.30 bits per heavy atom. The number of rotatable bonds is 5. The zero-order valence-electron chi connectivity index (χ0n) is 13.6. The summed E-state index contributed by atoms with van der Waals surface area (Å²) in [7, 11) is 0. The molecular weight excluding hydrogens is 300 g/mol. The van der Waals surface area contributed by atoms with Gasteiger partial charge in [-0.3, -0.25) is 4.68 Å². The van der Waals surface area contributed by atoms with Gasteiger partial charge in [0.1, 0.15) is 5.82 Å². The van der Waals surface area contributed by atoms with Gasteiger partial charge in [-0.2, -0.15) is 5.10 Å². The maximum Gasteiger partial charge on any atom is 0.264 e. The topological polar surface area (TPSA) is 46.0 Å². The van der Waals surface area contributed by atoms with E-state index in [9.17, 15) is 8.78 Å². The van der Waals surface area contributed by atoms with Gasteiger partial charge in [-0.1, -0.05) is 13.3 Å². The van der Waals surface area contributed by atoms with Crippen molar-refractivity contribution in [2.24, 2.45) is 0 Å². The highest BCUT2D eigenvalue weighted by Gasteiger charge is 2.22. The fourth-order valence-corrected chi connectivity index (χ4v) is 3.05. The summed E-state index contributed by atoms with van der Waals surface area (Å²) in [6, 6.07) is 1.54. The molecule has 0 radical (unpaired) electrons. The van der Waals surface area contributed by atoms with Crippen LogP contribution < -0.4 is 10.2 Å². The molecule has 23 heavy (non-hydrogen) atoms. The van der Waals surface area contributed by atoms with E-state index in [0.717, 1.165) is 51.3 Å². The molecule has 3 heterocycles. The van der Waals surface area contributed by atoms with Crippen LogP contribution in [0.2, 0.25) is 0 Å². The quantitative estimate of drug-likeness (QED) is 0.919. The second kappa shape index (κ2) is 6.78. The van der Waals surface area contributed by atoms with Crippen LogP contribution in [0.4, 0.5) is 14.6 Å². The van der Waals surface area contributed by atoms with Crippen LogP contribution in [0.25, 0.3) is 11.0 Å². The zero-order chi connectivity index (χ0) is 16.4. The Kier molecular flexibility index (Phi) is 4.75. The summed E-state index contributed by atoms with van der Waals surface area (Å²) < 4.78 is 29.0. The number of hydrogen-bond donors (Lipinski definition) is 1. The molecule has 0 unspecified atom stereocenters. The predicted molar refractivity (Wildman–Crippen MR) is 87.2 cm³/mol. The minimum Gasteiger partial charge on any atom is -0.354 e. The highest BCUT2D eigenvalue weighted by Crippen LogP contribution is 2.32. The number of nitrogens with zero attached hydrogens (tertiary/aromatic N) is 4. The maximum absolute atomic E-state index is 13.6. The van der Waals surface area contributed by atoms with Crippen molar-refractivity contribution in [2.75, 3.05) is 31.1 Å². The molecule has 7 heteroatoms. The second-order valence-corrected chi connectivity index (χ2v) is 5.97. The number of aromatic nitrogens is 3. The SMILES string of the molecule is CCCCn1nc2nc(N3CCNCC3)cc(C(F)F)c2c1C. The number of nitrogens with one attached hydrogen (secondary N) is 1. The van der Waals surface area contributed by atoms with E-state index in [0.29, 0.717) is 16.9 Å². The Balaban J connectivity index is 2.07. The Morgan fingerprint density at radius 3 is 2.70 bits per heavy atom. The molecular formula is C16H23F2N5. The lowest BCUT2D eigenvalue weighted by atomic mass is 10.1. The van der Waals surface area contributed by atoms with Gasteiger partial charge in [-0.15, -0.1) is 0 Å². The number of hydrogen-bond acceptors (Lipinski definition) is 4. The molecule has 1 saturated heterocycles. The molecule has 0 aromatic carbocycles. The second-order valence-electron chi connectivity index (χ2n) is 5.97. The van der Waals surface area contributed by atoms with Gasteiger partial charge in [0.2, 0.25) is 0 Å². The van der Waals surface area contributed by atoms with Crippen molar-refractivity contribution in [3.8, 4) is 0 Å². The number of aryl methyl sites for hydroxylation is 2. The maximum atomic E-state index is 13.6. The lowest BCUT2D eigenvalue weighted by Crippen LogP contribution is -2.43. The van der Waals surface area contributed by atoms with Gasteiger partial charge < -0.3 is 10.2 Å². The van der Waals surface area contributed by atoms with Crippen LogP contribution in [-0.4, -0.2) is 40.9 Å².